The van der Waals surface area contributed by atoms with Crippen LogP contribution in [-0.4, -0.2) is 51.0 Å². The van der Waals surface area contributed by atoms with Gasteiger partial charge in [-0.05, 0) is 41.8 Å². The molecule has 1 atom stereocenters. The van der Waals surface area contributed by atoms with Gasteiger partial charge in [0, 0.05) is 43.5 Å². The number of hydrogen-bond acceptors (Lipinski definition) is 4. The maximum absolute atomic E-state index is 13.8. The van der Waals surface area contributed by atoms with Crippen LogP contribution in [0.4, 0.5) is 14.5 Å². The number of carbonyl (C=O) groups excluding carboxylic acids is 2. The zero-order valence-corrected chi connectivity index (χ0v) is 24.0. The quantitative estimate of drug-likeness (QED) is 0.319. The van der Waals surface area contributed by atoms with E-state index < -0.39 is 27.7 Å². The summed E-state index contributed by atoms with van der Waals surface area (Å²) in [6.45, 7) is 0.0197. The highest BCUT2D eigenvalue weighted by Crippen LogP contribution is 2.22. The monoisotopic (exact) mass is 621 g/mol. The van der Waals surface area contributed by atoms with Gasteiger partial charge in [-0.3, -0.25) is 13.9 Å². The predicted molar refractivity (Wildman–Crippen MR) is 150 cm³/mol. The highest BCUT2D eigenvalue weighted by molar-refractivity contribution is 9.10. The second-order valence-electron chi connectivity index (χ2n) is 9.01. The van der Waals surface area contributed by atoms with Gasteiger partial charge in [-0.2, -0.15) is 0 Å². The van der Waals surface area contributed by atoms with E-state index in [9.17, 15) is 26.8 Å². The number of amides is 2. The minimum absolute atomic E-state index is 0.0397. The molecule has 0 saturated carbocycles. The molecule has 0 aliphatic carbocycles. The molecule has 0 aliphatic rings. The van der Waals surface area contributed by atoms with Crippen molar-refractivity contribution in [1.29, 1.82) is 0 Å². The van der Waals surface area contributed by atoms with E-state index in [-0.39, 0.29) is 49.9 Å². The smallest absolute Gasteiger partial charge is 0.242 e. The van der Waals surface area contributed by atoms with Crippen molar-refractivity contribution < 1.29 is 26.8 Å². The molecule has 0 aromatic heterocycles. The first-order valence-corrected chi connectivity index (χ1v) is 14.9. The molecule has 0 fully saturated rings. The summed E-state index contributed by atoms with van der Waals surface area (Å²) in [6.07, 6.45) is 1.25. The second kappa shape index (κ2) is 13.7. The average Bonchev–Trinajstić information content (AvgIpc) is 2.89. The van der Waals surface area contributed by atoms with Crippen LogP contribution < -0.4 is 9.62 Å². The minimum Gasteiger partial charge on any atom is -0.357 e. The number of likely N-dealkylation sites (N-methyl/N-ethyl adjacent to an activating group) is 1. The number of benzene rings is 3. The summed E-state index contributed by atoms with van der Waals surface area (Å²) in [5, 5.41) is 2.65. The Labute approximate surface area is 236 Å². The first-order chi connectivity index (χ1) is 18.5. The van der Waals surface area contributed by atoms with Crippen molar-refractivity contribution in [2.45, 2.75) is 31.8 Å². The van der Waals surface area contributed by atoms with Crippen LogP contribution in [0.15, 0.2) is 77.3 Å². The first-order valence-electron chi connectivity index (χ1n) is 12.2. The van der Waals surface area contributed by atoms with Gasteiger partial charge in [-0.1, -0.05) is 58.4 Å². The van der Waals surface area contributed by atoms with Gasteiger partial charge in [0.15, 0.2) is 11.6 Å². The van der Waals surface area contributed by atoms with E-state index in [1.54, 1.807) is 0 Å². The Bertz CT molecular complexity index is 1410. The van der Waals surface area contributed by atoms with E-state index in [0.717, 1.165) is 38.3 Å². The number of sulfonamides is 1. The van der Waals surface area contributed by atoms with Crippen molar-refractivity contribution >= 4 is 43.5 Å². The zero-order valence-electron chi connectivity index (χ0n) is 21.6. The molecule has 39 heavy (non-hydrogen) atoms. The molecule has 0 saturated heterocycles. The molecule has 3 rings (SSSR count). The molecule has 3 aromatic rings. The van der Waals surface area contributed by atoms with Crippen LogP contribution >= 0.6 is 15.9 Å². The molecule has 0 heterocycles. The van der Waals surface area contributed by atoms with Gasteiger partial charge in [0.2, 0.25) is 21.8 Å². The maximum Gasteiger partial charge on any atom is 0.242 e. The minimum atomic E-state index is -3.84. The highest BCUT2D eigenvalue weighted by atomic mass is 79.9. The number of rotatable bonds is 12. The van der Waals surface area contributed by atoms with E-state index in [0.29, 0.717) is 0 Å². The average molecular weight is 623 g/mol. The molecule has 0 aliphatic heterocycles. The molecular weight excluding hydrogens is 592 g/mol. The van der Waals surface area contributed by atoms with E-state index in [1.807, 2.05) is 54.6 Å². The lowest BCUT2D eigenvalue weighted by molar-refractivity contribution is -0.141. The van der Waals surface area contributed by atoms with Gasteiger partial charge in [-0.25, -0.2) is 17.2 Å². The Morgan fingerprint density at radius 1 is 0.949 bits per heavy atom. The van der Waals surface area contributed by atoms with Crippen molar-refractivity contribution in [2.24, 2.45) is 0 Å². The summed E-state index contributed by atoms with van der Waals surface area (Å²) in [5.74, 6) is -2.95. The number of halogens is 3. The van der Waals surface area contributed by atoms with Gasteiger partial charge < -0.3 is 10.2 Å². The lowest BCUT2D eigenvalue weighted by atomic mass is 10.0. The first kappa shape index (κ1) is 30.2. The van der Waals surface area contributed by atoms with Crippen LogP contribution in [-0.2, 0) is 32.6 Å². The Balaban J connectivity index is 1.85. The molecule has 3 aromatic carbocycles. The van der Waals surface area contributed by atoms with E-state index in [2.05, 4.69) is 21.2 Å². The summed E-state index contributed by atoms with van der Waals surface area (Å²) in [5.41, 5.74) is 1.64. The van der Waals surface area contributed by atoms with Crippen molar-refractivity contribution in [3.8, 4) is 0 Å². The third-order valence-electron chi connectivity index (χ3n) is 6.10. The third kappa shape index (κ3) is 8.59. The molecule has 1 N–H and O–H groups in total. The van der Waals surface area contributed by atoms with E-state index in [4.69, 9.17) is 0 Å². The third-order valence-corrected chi connectivity index (χ3v) is 7.79. The topological polar surface area (TPSA) is 86.8 Å². The van der Waals surface area contributed by atoms with Crippen molar-refractivity contribution in [1.82, 2.24) is 10.2 Å². The Morgan fingerprint density at radius 2 is 1.64 bits per heavy atom. The summed E-state index contributed by atoms with van der Waals surface area (Å²) in [4.78, 5) is 28.1. The van der Waals surface area contributed by atoms with Gasteiger partial charge >= 0.3 is 0 Å². The summed E-state index contributed by atoms with van der Waals surface area (Å²) in [7, 11) is -2.34. The normalized spacial score (nSPS) is 12.0. The number of hydrogen-bond donors (Lipinski definition) is 1. The molecule has 7 nitrogen and oxygen atoms in total. The summed E-state index contributed by atoms with van der Waals surface area (Å²) < 4.78 is 53.8. The lowest BCUT2D eigenvalue weighted by Crippen LogP contribution is -2.49. The van der Waals surface area contributed by atoms with Gasteiger partial charge in [0.25, 0.3) is 0 Å². The molecule has 11 heteroatoms. The molecule has 0 bridgehead atoms. The van der Waals surface area contributed by atoms with Gasteiger partial charge in [0.05, 0.1) is 11.9 Å². The van der Waals surface area contributed by atoms with Crippen LogP contribution in [0.1, 0.15) is 24.0 Å². The zero-order chi connectivity index (χ0) is 28.6. The standard InChI is InChI=1S/C28H30BrF2N3O4S/c1-32-28(36)26(17-20-8-4-3-5-9-20)33(19-21-10-6-11-22(29)16-21)27(35)12-7-15-34(39(2,37)38)23-13-14-24(30)25(31)18-23/h3-6,8-11,13-14,16,18,26H,7,12,15,17,19H2,1-2H3,(H,32,36)/t26-/m0/s1. The van der Waals surface area contributed by atoms with Crippen LogP contribution in [0.5, 0.6) is 0 Å². The fraction of sp³-hybridized carbons (Fsp3) is 0.286. The van der Waals surface area contributed by atoms with Crippen LogP contribution in [0.2, 0.25) is 0 Å². The van der Waals surface area contributed by atoms with Crippen molar-refractivity contribution in [2.75, 3.05) is 24.2 Å². The SMILES string of the molecule is CNC(=O)[C@H](Cc1ccccc1)N(Cc1cccc(Br)c1)C(=O)CCCN(c1ccc(F)c(F)c1)S(C)(=O)=O. The number of nitrogens with one attached hydrogen (secondary N) is 1. The fourth-order valence-corrected chi connectivity index (χ4v) is 5.60. The molecule has 2 amide bonds. The summed E-state index contributed by atoms with van der Waals surface area (Å²) in [6, 6.07) is 18.7. The number of nitrogens with zero attached hydrogens (tertiary/aromatic N) is 2. The maximum atomic E-state index is 13.8. The summed E-state index contributed by atoms with van der Waals surface area (Å²) >= 11 is 3.44. The van der Waals surface area contributed by atoms with Crippen LogP contribution in [0.3, 0.4) is 0 Å². The van der Waals surface area contributed by atoms with Gasteiger partial charge in [0.1, 0.15) is 6.04 Å². The Morgan fingerprint density at radius 3 is 2.26 bits per heavy atom. The lowest BCUT2D eigenvalue weighted by Gasteiger charge is -2.31. The second-order valence-corrected chi connectivity index (χ2v) is 11.8. The van der Waals surface area contributed by atoms with Crippen molar-refractivity contribution in [3.63, 3.8) is 0 Å². The molecule has 208 valence electrons. The molecular formula is C28H30BrF2N3O4S. The number of anilines is 1. The van der Waals surface area contributed by atoms with E-state index >= 15 is 0 Å². The molecule has 0 unspecified atom stereocenters. The Kier molecular flexibility index (Phi) is 10.6. The van der Waals surface area contributed by atoms with Crippen LogP contribution in [0.25, 0.3) is 0 Å². The largest absolute Gasteiger partial charge is 0.357 e. The predicted octanol–water partition coefficient (Wildman–Crippen LogP) is 4.66. The molecule has 0 spiro atoms. The fourth-order valence-electron chi connectivity index (χ4n) is 4.20. The highest BCUT2D eigenvalue weighted by Gasteiger charge is 2.30. The molecule has 0 radical (unpaired) electrons. The van der Waals surface area contributed by atoms with E-state index in [1.165, 1.54) is 18.0 Å². The number of carbonyl (C=O) groups is 2. The van der Waals surface area contributed by atoms with Crippen molar-refractivity contribution in [3.05, 3.63) is 100 Å². The van der Waals surface area contributed by atoms with Gasteiger partial charge in [-0.15, -0.1) is 0 Å². The van der Waals surface area contributed by atoms with Crippen LogP contribution in [0, 0.1) is 11.6 Å². The Hall–Kier alpha value is -3.31.